The summed E-state index contributed by atoms with van der Waals surface area (Å²) in [4.78, 5) is 8.90. The first-order chi connectivity index (χ1) is 12.5. The third kappa shape index (κ3) is 4.47. The highest BCUT2D eigenvalue weighted by Gasteiger charge is 2.07. The van der Waals surface area contributed by atoms with E-state index >= 15 is 0 Å². The van der Waals surface area contributed by atoms with Gasteiger partial charge in [-0.1, -0.05) is 18.2 Å². The van der Waals surface area contributed by atoms with Crippen LogP contribution in [0.25, 0.3) is 0 Å². The van der Waals surface area contributed by atoms with E-state index in [2.05, 4.69) is 20.6 Å². The normalized spacial score (nSPS) is 10.5. The standard InChI is InChI=1S/C20H21FN4O/c1-13-4-9-18(26-3)17(10-13)24-19-11-14(2)23-20(25-19)22-12-15-5-7-16(21)8-6-15/h4-11H,12H2,1-3H3,(H2,22,23,24,25). The third-order valence-corrected chi connectivity index (χ3v) is 3.84. The van der Waals surface area contributed by atoms with Crippen LogP contribution in [0.3, 0.4) is 0 Å². The molecule has 1 aromatic heterocycles. The first kappa shape index (κ1) is 17.7. The fourth-order valence-corrected chi connectivity index (χ4v) is 2.55. The number of nitrogens with one attached hydrogen (secondary N) is 2. The van der Waals surface area contributed by atoms with Gasteiger partial charge in [0.1, 0.15) is 17.4 Å². The van der Waals surface area contributed by atoms with Crippen LogP contribution >= 0.6 is 0 Å². The van der Waals surface area contributed by atoms with Gasteiger partial charge in [0.05, 0.1) is 12.8 Å². The lowest BCUT2D eigenvalue weighted by Gasteiger charge is -2.13. The number of halogens is 1. The lowest BCUT2D eigenvalue weighted by atomic mass is 10.2. The van der Waals surface area contributed by atoms with E-state index in [4.69, 9.17) is 4.74 Å². The van der Waals surface area contributed by atoms with Gasteiger partial charge in [-0.25, -0.2) is 9.37 Å². The van der Waals surface area contributed by atoms with E-state index < -0.39 is 0 Å². The lowest BCUT2D eigenvalue weighted by Crippen LogP contribution is -2.06. The molecule has 3 rings (SSSR count). The largest absolute Gasteiger partial charge is 0.495 e. The Kier molecular flexibility index (Phi) is 5.31. The molecule has 0 radical (unpaired) electrons. The number of aromatic nitrogens is 2. The summed E-state index contributed by atoms with van der Waals surface area (Å²) < 4.78 is 18.4. The highest BCUT2D eigenvalue weighted by Crippen LogP contribution is 2.28. The molecule has 0 saturated carbocycles. The first-order valence-corrected chi connectivity index (χ1v) is 8.29. The predicted molar refractivity (Wildman–Crippen MR) is 102 cm³/mol. The van der Waals surface area contributed by atoms with Gasteiger partial charge >= 0.3 is 0 Å². The molecule has 0 saturated heterocycles. The maximum absolute atomic E-state index is 13.0. The molecule has 134 valence electrons. The van der Waals surface area contributed by atoms with E-state index in [-0.39, 0.29) is 5.82 Å². The molecule has 0 spiro atoms. The molecule has 2 aromatic carbocycles. The second kappa shape index (κ2) is 7.82. The summed E-state index contributed by atoms with van der Waals surface area (Å²) in [6.45, 7) is 4.44. The fraction of sp³-hybridized carbons (Fsp3) is 0.200. The number of hydrogen-bond donors (Lipinski definition) is 2. The molecule has 0 fully saturated rings. The number of hydrogen-bond acceptors (Lipinski definition) is 5. The number of ether oxygens (including phenoxy) is 1. The van der Waals surface area contributed by atoms with Gasteiger partial charge in [-0.2, -0.15) is 4.98 Å². The number of anilines is 3. The number of benzene rings is 2. The molecule has 26 heavy (non-hydrogen) atoms. The summed E-state index contributed by atoms with van der Waals surface area (Å²) in [6.07, 6.45) is 0. The molecule has 5 nitrogen and oxygen atoms in total. The molecular weight excluding hydrogens is 331 g/mol. The van der Waals surface area contributed by atoms with Crippen LogP contribution in [0.5, 0.6) is 5.75 Å². The monoisotopic (exact) mass is 352 g/mol. The maximum atomic E-state index is 13.0. The van der Waals surface area contributed by atoms with Crippen LogP contribution in [-0.4, -0.2) is 17.1 Å². The lowest BCUT2D eigenvalue weighted by molar-refractivity contribution is 0.416. The highest BCUT2D eigenvalue weighted by molar-refractivity contribution is 5.65. The molecule has 1 heterocycles. The highest BCUT2D eigenvalue weighted by atomic mass is 19.1. The van der Waals surface area contributed by atoms with Crippen molar-refractivity contribution in [3.63, 3.8) is 0 Å². The van der Waals surface area contributed by atoms with Gasteiger partial charge < -0.3 is 15.4 Å². The van der Waals surface area contributed by atoms with Crippen molar-refractivity contribution < 1.29 is 9.13 Å². The molecule has 6 heteroatoms. The summed E-state index contributed by atoms with van der Waals surface area (Å²) >= 11 is 0. The topological polar surface area (TPSA) is 59.1 Å². The molecule has 0 atom stereocenters. The molecule has 3 aromatic rings. The van der Waals surface area contributed by atoms with Crippen LogP contribution in [0.4, 0.5) is 21.8 Å². The summed E-state index contributed by atoms with van der Waals surface area (Å²) in [7, 11) is 1.64. The fourth-order valence-electron chi connectivity index (χ4n) is 2.55. The van der Waals surface area contributed by atoms with E-state index in [0.29, 0.717) is 18.3 Å². The average molecular weight is 352 g/mol. The van der Waals surface area contributed by atoms with Gasteiger partial charge in [0, 0.05) is 18.3 Å². The van der Waals surface area contributed by atoms with Crippen molar-refractivity contribution in [1.82, 2.24) is 9.97 Å². The molecule has 0 amide bonds. The second-order valence-electron chi connectivity index (χ2n) is 6.03. The zero-order valence-corrected chi connectivity index (χ0v) is 15.0. The Bertz CT molecular complexity index is 897. The third-order valence-electron chi connectivity index (χ3n) is 3.84. The van der Waals surface area contributed by atoms with Crippen molar-refractivity contribution in [1.29, 1.82) is 0 Å². The Morgan fingerprint density at radius 2 is 1.77 bits per heavy atom. The zero-order chi connectivity index (χ0) is 18.5. The van der Waals surface area contributed by atoms with Crippen molar-refractivity contribution in [2.45, 2.75) is 20.4 Å². The van der Waals surface area contributed by atoms with E-state index in [0.717, 1.165) is 28.3 Å². The summed E-state index contributed by atoms with van der Waals surface area (Å²) in [5.74, 6) is 1.67. The molecule has 0 unspecified atom stereocenters. The van der Waals surface area contributed by atoms with E-state index in [1.165, 1.54) is 12.1 Å². The Hall–Kier alpha value is -3.15. The van der Waals surface area contributed by atoms with Gasteiger partial charge in [-0.15, -0.1) is 0 Å². The van der Waals surface area contributed by atoms with Crippen LogP contribution in [0.1, 0.15) is 16.8 Å². The van der Waals surface area contributed by atoms with Crippen molar-refractivity contribution in [3.8, 4) is 5.75 Å². The summed E-state index contributed by atoms with van der Waals surface area (Å²) in [5, 5.41) is 6.46. The van der Waals surface area contributed by atoms with Gasteiger partial charge in [0.2, 0.25) is 5.95 Å². The van der Waals surface area contributed by atoms with E-state index in [1.54, 1.807) is 19.2 Å². The number of nitrogens with zero attached hydrogens (tertiary/aromatic N) is 2. The van der Waals surface area contributed by atoms with Crippen molar-refractivity contribution >= 4 is 17.5 Å². The Balaban J connectivity index is 1.77. The maximum Gasteiger partial charge on any atom is 0.225 e. The number of aryl methyl sites for hydroxylation is 2. The molecule has 0 aliphatic heterocycles. The van der Waals surface area contributed by atoms with Crippen LogP contribution < -0.4 is 15.4 Å². The molecule has 0 aliphatic carbocycles. The zero-order valence-electron chi connectivity index (χ0n) is 15.0. The van der Waals surface area contributed by atoms with E-state index in [9.17, 15) is 4.39 Å². The van der Waals surface area contributed by atoms with Gasteiger partial charge in [-0.05, 0) is 49.2 Å². The molecule has 0 bridgehead atoms. The Labute approximate surface area is 152 Å². The minimum absolute atomic E-state index is 0.251. The van der Waals surface area contributed by atoms with Crippen molar-refractivity contribution in [2.24, 2.45) is 0 Å². The SMILES string of the molecule is COc1ccc(C)cc1Nc1cc(C)nc(NCc2ccc(F)cc2)n1. The number of rotatable bonds is 6. The Morgan fingerprint density at radius 3 is 2.50 bits per heavy atom. The average Bonchev–Trinajstić information content (AvgIpc) is 2.61. The minimum atomic E-state index is -0.251. The number of methoxy groups -OCH3 is 1. The molecular formula is C20H21FN4O. The molecule has 2 N–H and O–H groups in total. The van der Waals surface area contributed by atoms with Crippen LogP contribution in [0.15, 0.2) is 48.5 Å². The summed E-state index contributed by atoms with van der Waals surface area (Å²) in [5.41, 5.74) is 3.74. The minimum Gasteiger partial charge on any atom is -0.495 e. The first-order valence-electron chi connectivity index (χ1n) is 8.29. The smallest absolute Gasteiger partial charge is 0.225 e. The van der Waals surface area contributed by atoms with Gasteiger partial charge in [0.15, 0.2) is 0 Å². The quantitative estimate of drug-likeness (QED) is 0.679. The Morgan fingerprint density at radius 1 is 1.00 bits per heavy atom. The van der Waals surface area contributed by atoms with Crippen LogP contribution in [0.2, 0.25) is 0 Å². The summed E-state index contributed by atoms with van der Waals surface area (Å²) in [6, 6.07) is 14.1. The molecule has 0 aliphatic rings. The van der Waals surface area contributed by atoms with E-state index in [1.807, 2.05) is 38.1 Å². The van der Waals surface area contributed by atoms with Gasteiger partial charge in [-0.3, -0.25) is 0 Å². The van der Waals surface area contributed by atoms with Gasteiger partial charge in [0.25, 0.3) is 0 Å². The second-order valence-corrected chi connectivity index (χ2v) is 6.03. The van der Waals surface area contributed by atoms with Crippen molar-refractivity contribution in [3.05, 3.63) is 71.2 Å². The van der Waals surface area contributed by atoms with Crippen LogP contribution in [0, 0.1) is 19.7 Å². The predicted octanol–water partition coefficient (Wildman–Crippen LogP) is 4.60. The van der Waals surface area contributed by atoms with Crippen LogP contribution in [-0.2, 0) is 6.54 Å². The van der Waals surface area contributed by atoms with Crippen molar-refractivity contribution in [2.75, 3.05) is 17.7 Å².